The fraction of sp³-hybridized carbons (Fsp3) is 0.316. The summed E-state index contributed by atoms with van der Waals surface area (Å²) >= 11 is 0. The van der Waals surface area contributed by atoms with Gasteiger partial charge in [0.15, 0.2) is 0 Å². The first-order chi connectivity index (χ1) is 11.1. The van der Waals surface area contributed by atoms with E-state index in [1.165, 1.54) is 5.56 Å². The van der Waals surface area contributed by atoms with Crippen molar-refractivity contribution in [2.45, 2.75) is 19.5 Å². The Morgan fingerprint density at radius 1 is 1.13 bits per heavy atom. The molecule has 23 heavy (non-hydrogen) atoms. The number of hydrogen-bond donors (Lipinski definition) is 1. The number of aromatic nitrogens is 2. The molecule has 0 aliphatic heterocycles. The normalized spacial score (nSPS) is 12.9. The summed E-state index contributed by atoms with van der Waals surface area (Å²) in [6, 6.07) is 17.1. The molecule has 120 valence electrons. The van der Waals surface area contributed by atoms with E-state index < -0.39 is 0 Å². The highest BCUT2D eigenvalue weighted by molar-refractivity contribution is 5.81. The number of para-hydroxylation sites is 2. The highest BCUT2D eigenvalue weighted by Gasteiger charge is 2.16. The van der Waals surface area contributed by atoms with Crippen LogP contribution in [0.2, 0.25) is 0 Å². The third kappa shape index (κ3) is 3.14. The maximum atomic E-state index is 5.94. The van der Waals surface area contributed by atoms with E-state index in [0.717, 1.165) is 29.0 Å². The second-order valence-electron chi connectivity index (χ2n) is 6.32. The summed E-state index contributed by atoms with van der Waals surface area (Å²) in [6.45, 7) is 3.65. The van der Waals surface area contributed by atoms with Crippen LogP contribution in [0, 0.1) is 0 Å². The lowest BCUT2D eigenvalue weighted by Gasteiger charge is -2.16. The first kappa shape index (κ1) is 15.7. The summed E-state index contributed by atoms with van der Waals surface area (Å²) in [7, 11) is 4.16. The van der Waals surface area contributed by atoms with Crippen LogP contribution >= 0.6 is 0 Å². The van der Waals surface area contributed by atoms with Gasteiger partial charge >= 0.3 is 0 Å². The van der Waals surface area contributed by atoms with Crippen molar-refractivity contribution >= 4 is 11.0 Å². The first-order valence-electron chi connectivity index (χ1n) is 8.01. The Kier molecular flexibility index (Phi) is 4.46. The van der Waals surface area contributed by atoms with E-state index >= 15 is 0 Å². The zero-order valence-corrected chi connectivity index (χ0v) is 14.0. The fourth-order valence-electron chi connectivity index (χ4n) is 2.97. The summed E-state index contributed by atoms with van der Waals surface area (Å²) in [4.78, 5) is 7.04. The van der Waals surface area contributed by atoms with E-state index in [4.69, 9.17) is 10.7 Å². The average Bonchev–Trinajstić information content (AvgIpc) is 2.93. The Morgan fingerprint density at radius 2 is 1.91 bits per heavy atom. The van der Waals surface area contributed by atoms with Crippen LogP contribution in [0.5, 0.6) is 0 Å². The molecule has 0 fully saturated rings. The molecule has 3 aromatic rings. The Hall–Kier alpha value is -2.17. The molecule has 0 spiro atoms. The third-order valence-corrected chi connectivity index (χ3v) is 4.06. The Labute approximate surface area is 137 Å². The SMILES string of the molecule is CC(CN)n1c(-c2cccc(CN(C)C)c2)nc2ccccc21. The maximum absolute atomic E-state index is 5.94. The number of hydrogen-bond acceptors (Lipinski definition) is 3. The van der Waals surface area contributed by atoms with Crippen LogP contribution in [-0.2, 0) is 6.54 Å². The maximum Gasteiger partial charge on any atom is 0.141 e. The summed E-state index contributed by atoms with van der Waals surface area (Å²) in [5, 5.41) is 0. The van der Waals surface area contributed by atoms with Crippen LogP contribution in [0.3, 0.4) is 0 Å². The highest BCUT2D eigenvalue weighted by Crippen LogP contribution is 2.28. The smallest absolute Gasteiger partial charge is 0.141 e. The van der Waals surface area contributed by atoms with E-state index in [2.05, 4.69) is 73.0 Å². The standard InChI is InChI=1S/C19H24N4/c1-14(12-20)23-18-10-5-4-9-17(18)21-19(23)16-8-6-7-15(11-16)13-22(2)3/h4-11,14H,12-13,20H2,1-3H3. The van der Waals surface area contributed by atoms with Crippen molar-refractivity contribution in [3.63, 3.8) is 0 Å². The summed E-state index contributed by atoms with van der Waals surface area (Å²) in [5.74, 6) is 0.991. The van der Waals surface area contributed by atoms with Crippen LogP contribution < -0.4 is 5.73 Å². The van der Waals surface area contributed by atoms with E-state index in [1.54, 1.807) is 0 Å². The predicted molar refractivity (Wildman–Crippen MR) is 96.3 cm³/mol. The largest absolute Gasteiger partial charge is 0.328 e. The summed E-state index contributed by atoms with van der Waals surface area (Å²) < 4.78 is 2.25. The van der Waals surface area contributed by atoms with Crippen LogP contribution in [0.1, 0.15) is 18.5 Å². The van der Waals surface area contributed by atoms with Gasteiger partial charge in [-0.2, -0.15) is 0 Å². The van der Waals surface area contributed by atoms with Crippen LogP contribution in [0.15, 0.2) is 48.5 Å². The molecule has 0 amide bonds. The van der Waals surface area contributed by atoms with Gasteiger partial charge in [-0.15, -0.1) is 0 Å². The second-order valence-corrected chi connectivity index (χ2v) is 6.32. The monoisotopic (exact) mass is 308 g/mol. The molecule has 1 aromatic heterocycles. The van der Waals surface area contributed by atoms with Crippen molar-refractivity contribution in [2.75, 3.05) is 20.6 Å². The fourth-order valence-corrected chi connectivity index (χ4v) is 2.97. The molecule has 0 bridgehead atoms. The van der Waals surface area contributed by atoms with Gasteiger partial charge < -0.3 is 15.2 Å². The average molecular weight is 308 g/mol. The predicted octanol–water partition coefficient (Wildman–Crippen LogP) is 3.28. The van der Waals surface area contributed by atoms with Crippen molar-refractivity contribution in [3.05, 3.63) is 54.1 Å². The van der Waals surface area contributed by atoms with Gasteiger partial charge in [-0.1, -0.05) is 30.3 Å². The number of fused-ring (bicyclic) bond motifs is 1. The van der Waals surface area contributed by atoms with Gasteiger partial charge in [-0.05, 0) is 44.8 Å². The van der Waals surface area contributed by atoms with Crippen molar-refractivity contribution in [3.8, 4) is 11.4 Å². The van der Waals surface area contributed by atoms with E-state index in [9.17, 15) is 0 Å². The summed E-state index contributed by atoms with van der Waals surface area (Å²) in [6.07, 6.45) is 0. The molecular formula is C19H24N4. The molecule has 0 radical (unpaired) electrons. The molecule has 1 unspecified atom stereocenters. The van der Waals surface area contributed by atoms with E-state index in [1.807, 2.05) is 6.07 Å². The summed E-state index contributed by atoms with van der Waals surface area (Å²) in [5.41, 5.74) is 10.5. The lowest BCUT2D eigenvalue weighted by Crippen LogP contribution is -2.17. The van der Waals surface area contributed by atoms with Gasteiger partial charge in [0.1, 0.15) is 5.82 Å². The van der Waals surface area contributed by atoms with Crippen LogP contribution in [-0.4, -0.2) is 35.1 Å². The van der Waals surface area contributed by atoms with E-state index in [0.29, 0.717) is 6.54 Å². The first-order valence-corrected chi connectivity index (χ1v) is 8.01. The minimum Gasteiger partial charge on any atom is -0.328 e. The highest BCUT2D eigenvalue weighted by atomic mass is 15.1. The minimum absolute atomic E-state index is 0.204. The number of rotatable bonds is 5. The molecule has 4 heteroatoms. The quantitative estimate of drug-likeness (QED) is 0.787. The molecule has 2 N–H and O–H groups in total. The molecule has 0 aliphatic rings. The number of nitrogens with two attached hydrogens (primary N) is 1. The molecule has 0 saturated carbocycles. The molecule has 1 heterocycles. The van der Waals surface area contributed by atoms with E-state index in [-0.39, 0.29) is 6.04 Å². The van der Waals surface area contributed by atoms with Crippen molar-refractivity contribution in [1.29, 1.82) is 0 Å². The second kappa shape index (κ2) is 6.52. The van der Waals surface area contributed by atoms with Crippen LogP contribution in [0.25, 0.3) is 22.4 Å². The van der Waals surface area contributed by atoms with Crippen molar-refractivity contribution < 1.29 is 0 Å². The van der Waals surface area contributed by atoms with Crippen LogP contribution in [0.4, 0.5) is 0 Å². The van der Waals surface area contributed by atoms with Gasteiger partial charge in [-0.3, -0.25) is 0 Å². The van der Waals surface area contributed by atoms with Gasteiger partial charge in [0, 0.05) is 24.7 Å². The van der Waals surface area contributed by atoms with Gasteiger partial charge in [-0.25, -0.2) is 4.98 Å². The van der Waals surface area contributed by atoms with Crippen molar-refractivity contribution in [1.82, 2.24) is 14.5 Å². The molecular weight excluding hydrogens is 284 g/mol. The van der Waals surface area contributed by atoms with Gasteiger partial charge in [0.2, 0.25) is 0 Å². The Morgan fingerprint density at radius 3 is 2.65 bits per heavy atom. The molecule has 4 nitrogen and oxygen atoms in total. The Bertz CT molecular complexity index is 804. The molecule has 0 saturated heterocycles. The number of imidazole rings is 1. The lowest BCUT2D eigenvalue weighted by atomic mass is 10.1. The zero-order valence-electron chi connectivity index (χ0n) is 14.0. The number of benzene rings is 2. The van der Waals surface area contributed by atoms with Crippen molar-refractivity contribution in [2.24, 2.45) is 5.73 Å². The molecule has 3 rings (SSSR count). The number of nitrogens with zero attached hydrogens (tertiary/aromatic N) is 3. The lowest BCUT2D eigenvalue weighted by molar-refractivity contribution is 0.402. The molecule has 0 aliphatic carbocycles. The molecule has 1 atom stereocenters. The topological polar surface area (TPSA) is 47.1 Å². The zero-order chi connectivity index (χ0) is 16.4. The van der Waals surface area contributed by atoms with Gasteiger partial charge in [0.25, 0.3) is 0 Å². The molecule has 2 aromatic carbocycles. The minimum atomic E-state index is 0.204. The Balaban J connectivity index is 2.15. The van der Waals surface area contributed by atoms with Gasteiger partial charge in [0.05, 0.1) is 11.0 Å². The third-order valence-electron chi connectivity index (χ3n) is 4.06.